The van der Waals surface area contributed by atoms with Crippen LogP contribution in [0.25, 0.3) is 0 Å². The summed E-state index contributed by atoms with van der Waals surface area (Å²) in [5, 5.41) is 12.7. The van der Waals surface area contributed by atoms with Crippen LogP contribution in [0.3, 0.4) is 0 Å². The molecule has 0 spiro atoms. The van der Waals surface area contributed by atoms with E-state index in [-0.39, 0.29) is 5.92 Å². The van der Waals surface area contributed by atoms with Crippen LogP contribution < -0.4 is 14.8 Å². The van der Waals surface area contributed by atoms with Gasteiger partial charge in [0.25, 0.3) is 0 Å². The number of carboxylic acids is 1. The third-order valence-electron chi connectivity index (χ3n) is 4.63. The Morgan fingerprint density at radius 3 is 2.44 bits per heavy atom. The van der Waals surface area contributed by atoms with Crippen molar-refractivity contribution in [1.82, 2.24) is 5.32 Å². The molecule has 0 heterocycles. The third-order valence-corrected chi connectivity index (χ3v) is 4.63. The molecule has 0 aliphatic heterocycles. The summed E-state index contributed by atoms with van der Waals surface area (Å²) in [6.07, 6.45) is 5.30. The Hall–Kier alpha value is -1.75. The second-order valence-corrected chi connectivity index (χ2v) is 6.73. The number of nitrogens with one attached hydrogen (secondary N) is 1. The summed E-state index contributed by atoms with van der Waals surface area (Å²) in [7, 11) is 0. The van der Waals surface area contributed by atoms with E-state index in [1.807, 2.05) is 12.1 Å². The largest absolute Gasteiger partial charge is 0.493 e. The maximum atomic E-state index is 11.0. The van der Waals surface area contributed by atoms with Gasteiger partial charge in [0.2, 0.25) is 0 Å². The summed E-state index contributed by atoms with van der Waals surface area (Å²) in [6.45, 7) is 6.31. The Labute approximate surface area is 150 Å². The van der Waals surface area contributed by atoms with Crippen molar-refractivity contribution in [2.75, 3.05) is 13.2 Å². The summed E-state index contributed by atoms with van der Waals surface area (Å²) in [6, 6.07) is 6.41. The first-order valence-corrected chi connectivity index (χ1v) is 9.48. The highest BCUT2D eigenvalue weighted by molar-refractivity contribution is 5.70. The molecule has 0 aromatic heterocycles. The second-order valence-electron chi connectivity index (χ2n) is 6.73. The summed E-state index contributed by atoms with van der Waals surface area (Å²) in [5.74, 6) is 0.897. The van der Waals surface area contributed by atoms with Gasteiger partial charge in [-0.15, -0.1) is 0 Å². The molecule has 25 heavy (non-hydrogen) atoms. The minimum atomic E-state index is -0.656. The first-order chi connectivity index (χ1) is 12.1. The molecule has 1 aliphatic rings. The Kier molecular flexibility index (Phi) is 8.06. The number of ether oxygens (including phenoxy) is 2. The molecule has 0 bridgehead atoms. The van der Waals surface area contributed by atoms with E-state index < -0.39 is 5.97 Å². The molecule has 5 heteroatoms. The molecule has 1 fully saturated rings. The van der Waals surface area contributed by atoms with Crippen molar-refractivity contribution in [3.8, 4) is 11.5 Å². The summed E-state index contributed by atoms with van der Waals surface area (Å²) >= 11 is 0. The van der Waals surface area contributed by atoms with Crippen molar-refractivity contribution in [3.05, 3.63) is 23.8 Å². The van der Waals surface area contributed by atoms with Crippen LogP contribution in [0.5, 0.6) is 11.5 Å². The smallest absolute Gasteiger partial charge is 0.306 e. The second kappa shape index (κ2) is 10.3. The molecule has 2 rings (SSSR count). The standard InChI is InChI=1S/C20H31NO4/c1-3-11-24-18-10-7-16(19(13-18)25-12-4-2)14-21-17-8-5-15(6-9-17)20(22)23/h7,10,13,15,17,21H,3-6,8-9,11-12,14H2,1-2H3,(H,22,23). The summed E-state index contributed by atoms with van der Waals surface area (Å²) in [4.78, 5) is 11.0. The average molecular weight is 349 g/mol. The van der Waals surface area contributed by atoms with Gasteiger partial charge in [-0.3, -0.25) is 4.79 Å². The molecule has 0 atom stereocenters. The molecule has 0 radical (unpaired) electrons. The Morgan fingerprint density at radius 1 is 1.12 bits per heavy atom. The molecule has 1 saturated carbocycles. The normalized spacial score (nSPS) is 20.2. The zero-order chi connectivity index (χ0) is 18.1. The monoisotopic (exact) mass is 349 g/mol. The lowest BCUT2D eigenvalue weighted by molar-refractivity contribution is -0.142. The molecule has 5 nitrogen and oxygen atoms in total. The number of aliphatic carboxylic acids is 1. The van der Waals surface area contributed by atoms with Crippen molar-refractivity contribution >= 4 is 5.97 Å². The number of hydrogen-bond acceptors (Lipinski definition) is 4. The van der Waals surface area contributed by atoms with Crippen molar-refractivity contribution < 1.29 is 19.4 Å². The van der Waals surface area contributed by atoms with Crippen LogP contribution in [0.1, 0.15) is 57.9 Å². The first-order valence-electron chi connectivity index (χ1n) is 9.48. The van der Waals surface area contributed by atoms with Gasteiger partial charge in [0, 0.05) is 24.2 Å². The fourth-order valence-electron chi connectivity index (χ4n) is 3.14. The Balaban J connectivity index is 1.92. The SMILES string of the molecule is CCCOc1ccc(CNC2CCC(C(=O)O)CC2)c(OCCC)c1. The molecule has 1 aliphatic carbocycles. The highest BCUT2D eigenvalue weighted by Crippen LogP contribution is 2.28. The molecule has 1 aromatic carbocycles. The van der Waals surface area contributed by atoms with E-state index in [1.54, 1.807) is 0 Å². The molecule has 140 valence electrons. The number of carboxylic acid groups (broad SMARTS) is 1. The lowest BCUT2D eigenvalue weighted by atomic mass is 9.86. The van der Waals surface area contributed by atoms with Crippen LogP contribution in [0.15, 0.2) is 18.2 Å². The predicted octanol–water partition coefficient (Wildman–Crippen LogP) is 4.00. The molecule has 0 amide bonds. The predicted molar refractivity (Wildman–Crippen MR) is 98.2 cm³/mol. The lowest BCUT2D eigenvalue weighted by Gasteiger charge is -2.27. The van der Waals surface area contributed by atoms with Gasteiger partial charge in [0.05, 0.1) is 19.1 Å². The number of benzene rings is 1. The zero-order valence-corrected chi connectivity index (χ0v) is 15.4. The topological polar surface area (TPSA) is 67.8 Å². The van der Waals surface area contributed by atoms with Crippen LogP contribution in [0.4, 0.5) is 0 Å². The molecule has 0 saturated heterocycles. The van der Waals surface area contributed by atoms with E-state index >= 15 is 0 Å². The van der Waals surface area contributed by atoms with E-state index in [9.17, 15) is 4.79 Å². The van der Waals surface area contributed by atoms with E-state index in [2.05, 4.69) is 25.2 Å². The molecule has 0 unspecified atom stereocenters. The number of hydrogen-bond donors (Lipinski definition) is 2. The van der Waals surface area contributed by atoms with Gasteiger partial charge in [-0.25, -0.2) is 0 Å². The van der Waals surface area contributed by atoms with Crippen molar-refractivity contribution in [3.63, 3.8) is 0 Å². The van der Waals surface area contributed by atoms with Crippen LogP contribution in [0, 0.1) is 5.92 Å². The van der Waals surface area contributed by atoms with Crippen molar-refractivity contribution in [1.29, 1.82) is 0 Å². The maximum Gasteiger partial charge on any atom is 0.306 e. The van der Waals surface area contributed by atoms with Gasteiger partial charge in [0.15, 0.2) is 0 Å². The maximum absolute atomic E-state index is 11.0. The minimum absolute atomic E-state index is 0.170. The van der Waals surface area contributed by atoms with Gasteiger partial charge in [-0.1, -0.05) is 19.9 Å². The summed E-state index contributed by atoms with van der Waals surface area (Å²) < 4.78 is 11.6. The Morgan fingerprint density at radius 2 is 1.80 bits per heavy atom. The fraction of sp³-hybridized carbons (Fsp3) is 0.650. The lowest BCUT2D eigenvalue weighted by Crippen LogP contribution is -2.34. The summed E-state index contributed by atoms with van der Waals surface area (Å²) in [5.41, 5.74) is 1.12. The third kappa shape index (κ3) is 6.24. The quantitative estimate of drug-likeness (QED) is 0.668. The fourth-order valence-corrected chi connectivity index (χ4v) is 3.14. The van der Waals surface area contributed by atoms with Gasteiger partial charge in [-0.2, -0.15) is 0 Å². The highest BCUT2D eigenvalue weighted by Gasteiger charge is 2.25. The van der Waals surface area contributed by atoms with Crippen LogP contribution >= 0.6 is 0 Å². The molecule has 2 N–H and O–H groups in total. The van der Waals surface area contributed by atoms with E-state index in [0.29, 0.717) is 19.3 Å². The average Bonchev–Trinajstić information content (AvgIpc) is 2.64. The van der Waals surface area contributed by atoms with E-state index in [1.165, 1.54) is 0 Å². The number of rotatable bonds is 10. The van der Waals surface area contributed by atoms with Crippen LogP contribution in [0.2, 0.25) is 0 Å². The van der Waals surface area contributed by atoms with Gasteiger partial charge in [0.1, 0.15) is 11.5 Å². The van der Waals surface area contributed by atoms with Crippen molar-refractivity contribution in [2.45, 2.75) is 65.0 Å². The van der Waals surface area contributed by atoms with Crippen LogP contribution in [-0.2, 0) is 11.3 Å². The molecule has 1 aromatic rings. The van der Waals surface area contributed by atoms with E-state index in [0.717, 1.165) is 62.1 Å². The van der Waals surface area contributed by atoms with E-state index in [4.69, 9.17) is 14.6 Å². The first kappa shape index (κ1) is 19.6. The highest BCUT2D eigenvalue weighted by atomic mass is 16.5. The Bertz CT molecular complexity index is 538. The van der Waals surface area contributed by atoms with Gasteiger partial charge >= 0.3 is 5.97 Å². The minimum Gasteiger partial charge on any atom is -0.493 e. The van der Waals surface area contributed by atoms with Gasteiger partial charge < -0.3 is 19.9 Å². The number of carbonyl (C=O) groups is 1. The van der Waals surface area contributed by atoms with Gasteiger partial charge in [-0.05, 0) is 44.6 Å². The zero-order valence-electron chi connectivity index (χ0n) is 15.4. The molecular weight excluding hydrogens is 318 g/mol. The molecular formula is C20H31NO4. The van der Waals surface area contributed by atoms with Crippen LogP contribution in [-0.4, -0.2) is 30.3 Å². The van der Waals surface area contributed by atoms with Crippen molar-refractivity contribution in [2.24, 2.45) is 5.92 Å².